The summed E-state index contributed by atoms with van der Waals surface area (Å²) in [5.74, 6) is 0. The van der Waals surface area contributed by atoms with Crippen LogP contribution in [0.25, 0.3) is 0 Å². The summed E-state index contributed by atoms with van der Waals surface area (Å²) in [7, 11) is 0. The molecule has 0 saturated carbocycles. The summed E-state index contributed by atoms with van der Waals surface area (Å²) < 4.78 is 0. The number of rotatable bonds is 2. The van der Waals surface area contributed by atoms with E-state index in [0.29, 0.717) is 5.04 Å². The van der Waals surface area contributed by atoms with Crippen molar-refractivity contribution in [3.63, 3.8) is 0 Å². The van der Waals surface area contributed by atoms with E-state index in [1.807, 2.05) is 6.08 Å². The zero-order valence-corrected chi connectivity index (χ0v) is 7.71. The predicted octanol–water partition coefficient (Wildman–Crippen LogP) is 1.61. The van der Waals surface area contributed by atoms with Gasteiger partial charge in [-0.3, -0.25) is 5.41 Å². The van der Waals surface area contributed by atoms with Crippen molar-refractivity contribution in [1.29, 1.82) is 10.8 Å². The highest BCUT2D eigenvalue weighted by Gasteiger charge is 2.04. The van der Waals surface area contributed by atoms with Gasteiger partial charge in [0, 0.05) is 0 Å². The molecule has 1 rings (SSSR count). The average molecular weight is 183 g/mol. The maximum Gasteiger partial charge on any atom is 0.0925 e. The summed E-state index contributed by atoms with van der Waals surface area (Å²) in [5, 5.41) is 18.0. The van der Waals surface area contributed by atoms with Crippen molar-refractivity contribution in [2.75, 3.05) is 13.1 Å². The van der Waals surface area contributed by atoms with Gasteiger partial charge in [0.2, 0.25) is 0 Å². The van der Waals surface area contributed by atoms with E-state index in [1.165, 1.54) is 11.1 Å². The molecule has 66 valence electrons. The SMILES string of the molecule is N=CSC(=N)C=C1CCNCC1. The van der Waals surface area contributed by atoms with Crippen molar-refractivity contribution in [3.8, 4) is 0 Å². The van der Waals surface area contributed by atoms with Crippen LogP contribution in [0.2, 0.25) is 0 Å². The number of nitrogens with one attached hydrogen (secondary N) is 3. The molecule has 0 amide bonds. The minimum Gasteiger partial charge on any atom is -0.316 e. The Morgan fingerprint density at radius 1 is 1.42 bits per heavy atom. The van der Waals surface area contributed by atoms with Crippen LogP contribution in [0.3, 0.4) is 0 Å². The third-order valence-corrected chi connectivity index (χ3v) is 2.26. The first kappa shape index (κ1) is 9.48. The predicted molar refractivity (Wildman–Crippen MR) is 54.3 cm³/mol. The van der Waals surface area contributed by atoms with Gasteiger partial charge in [0.15, 0.2) is 0 Å². The summed E-state index contributed by atoms with van der Waals surface area (Å²) >= 11 is 1.15. The fraction of sp³-hybridized carbons (Fsp3) is 0.500. The highest BCUT2D eigenvalue weighted by Crippen LogP contribution is 2.12. The molecule has 0 atom stereocenters. The average Bonchev–Trinajstić information content (AvgIpc) is 2.06. The van der Waals surface area contributed by atoms with Crippen molar-refractivity contribution in [1.82, 2.24) is 5.32 Å². The zero-order valence-electron chi connectivity index (χ0n) is 6.89. The van der Waals surface area contributed by atoms with Crippen molar-refractivity contribution in [3.05, 3.63) is 11.6 Å². The topological polar surface area (TPSA) is 59.7 Å². The third-order valence-electron chi connectivity index (χ3n) is 1.77. The molecule has 0 spiro atoms. The van der Waals surface area contributed by atoms with Crippen LogP contribution in [0.5, 0.6) is 0 Å². The second-order valence-corrected chi connectivity index (χ2v) is 3.56. The molecule has 0 radical (unpaired) electrons. The van der Waals surface area contributed by atoms with Crippen LogP contribution in [0.15, 0.2) is 11.6 Å². The molecule has 0 aromatic carbocycles. The number of thioether (sulfide) groups is 1. The van der Waals surface area contributed by atoms with Gasteiger partial charge in [0.05, 0.1) is 10.6 Å². The van der Waals surface area contributed by atoms with Crippen molar-refractivity contribution < 1.29 is 0 Å². The van der Waals surface area contributed by atoms with Crippen LogP contribution < -0.4 is 5.32 Å². The number of hydrogen-bond acceptors (Lipinski definition) is 4. The molecule has 0 unspecified atom stereocenters. The monoisotopic (exact) mass is 183 g/mol. The van der Waals surface area contributed by atoms with Gasteiger partial charge in [0.1, 0.15) is 0 Å². The molecule has 3 nitrogen and oxygen atoms in total. The second kappa shape index (κ2) is 5.11. The Morgan fingerprint density at radius 3 is 2.67 bits per heavy atom. The molecule has 1 saturated heterocycles. The second-order valence-electron chi connectivity index (χ2n) is 2.65. The smallest absolute Gasteiger partial charge is 0.0925 e. The minimum atomic E-state index is 0.474. The first-order chi connectivity index (χ1) is 5.83. The first-order valence-corrected chi connectivity index (χ1v) is 4.85. The molecule has 3 N–H and O–H groups in total. The molecule has 4 heteroatoms. The van der Waals surface area contributed by atoms with E-state index in [9.17, 15) is 0 Å². The van der Waals surface area contributed by atoms with E-state index in [2.05, 4.69) is 5.32 Å². The Morgan fingerprint density at radius 2 is 2.08 bits per heavy atom. The van der Waals surface area contributed by atoms with Gasteiger partial charge in [-0.2, -0.15) is 0 Å². The summed E-state index contributed by atoms with van der Waals surface area (Å²) in [6.07, 6.45) is 3.97. The summed E-state index contributed by atoms with van der Waals surface area (Å²) in [4.78, 5) is 0. The Kier molecular flexibility index (Phi) is 4.04. The Hall–Kier alpha value is -0.610. The molecule has 0 bridgehead atoms. The van der Waals surface area contributed by atoms with E-state index in [4.69, 9.17) is 10.8 Å². The normalized spacial score (nSPS) is 17.2. The summed E-state index contributed by atoms with van der Waals surface area (Å²) in [6, 6.07) is 0. The highest BCUT2D eigenvalue weighted by molar-refractivity contribution is 8.25. The zero-order chi connectivity index (χ0) is 8.81. The quantitative estimate of drug-likeness (QED) is 0.450. The van der Waals surface area contributed by atoms with Crippen LogP contribution in [0, 0.1) is 10.8 Å². The van der Waals surface area contributed by atoms with Gasteiger partial charge in [-0.15, -0.1) is 0 Å². The fourth-order valence-corrected chi connectivity index (χ4v) is 1.54. The highest BCUT2D eigenvalue weighted by atomic mass is 32.2. The van der Waals surface area contributed by atoms with Crippen molar-refractivity contribution >= 4 is 22.4 Å². The van der Waals surface area contributed by atoms with E-state index >= 15 is 0 Å². The lowest BCUT2D eigenvalue weighted by Gasteiger charge is -2.14. The summed E-state index contributed by atoms with van der Waals surface area (Å²) in [5.41, 5.74) is 2.52. The first-order valence-electron chi connectivity index (χ1n) is 3.97. The minimum absolute atomic E-state index is 0.474. The molecule has 1 aliphatic rings. The maximum absolute atomic E-state index is 7.44. The Bertz CT molecular complexity index is 202. The fourth-order valence-electron chi connectivity index (χ4n) is 1.18. The Balaban J connectivity index is 2.42. The van der Waals surface area contributed by atoms with E-state index in [-0.39, 0.29) is 0 Å². The molecule has 1 aliphatic heterocycles. The van der Waals surface area contributed by atoms with Crippen LogP contribution in [-0.4, -0.2) is 23.7 Å². The number of piperidine rings is 1. The molecule has 1 fully saturated rings. The van der Waals surface area contributed by atoms with E-state index in [1.54, 1.807) is 0 Å². The molecule has 0 aliphatic carbocycles. The van der Waals surface area contributed by atoms with Gasteiger partial charge < -0.3 is 10.7 Å². The van der Waals surface area contributed by atoms with Crippen molar-refractivity contribution in [2.24, 2.45) is 0 Å². The summed E-state index contributed by atoms with van der Waals surface area (Å²) in [6.45, 7) is 2.04. The molecule has 0 aromatic rings. The lowest BCUT2D eigenvalue weighted by atomic mass is 10.1. The molecule has 1 heterocycles. The lowest BCUT2D eigenvalue weighted by Crippen LogP contribution is -2.23. The number of hydrogen-bond donors (Lipinski definition) is 3. The van der Waals surface area contributed by atoms with Crippen LogP contribution in [-0.2, 0) is 0 Å². The largest absolute Gasteiger partial charge is 0.316 e. The van der Waals surface area contributed by atoms with Crippen molar-refractivity contribution in [2.45, 2.75) is 12.8 Å². The van der Waals surface area contributed by atoms with Gasteiger partial charge in [-0.05, 0) is 32.0 Å². The van der Waals surface area contributed by atoms with E-state index < -0.39 is 0 Å². The third kappa shape index (κ3) is 3.19. The van der Waals surface area contributed by atoms with Gasteiger partial charge >= 0.3 is 0 Å². The standard InChI is InChI=1S/C8H13N3S/c9-6-12-8(10)5-7-1-3-11-4-2-7/h5-6,9-11H,1-4H2. The lowest BCUT2D eigenvalue weighted by molar-refractivity contribution is 0.610. The Labute approximate surface area is 76.6 Å². The molecule has 12 heavy (non-hydrogen) atoms. The molecular formula is C8H13N3S. The van der Waals surface area contributed by atoms with Crippen LogP contribution in [0.4, 0.5) is 0 Å². The van der Waals surface area contributed by atoms with Crippen LogP contribution >= 0.6 is 11.8 Å². The van der Waals surface area contributed by atoms with Gasteiger partial charge in [-0.1, -0.05) is 17.3 Å². The van der Waals surface area contributed by atoms with Crippen LogP contribution in [0.1, 0.15) is 12.8 Å². The molecular weight excluding hydrogens is 170 g/mol. The van der Waals surface area contributed by atoms with E-state index in [0.717, 1.165) is 37.7 Å². The van der Waals surface area contributed by atoms with Gasteiger partial charge in [0.25, 0.3) is 0 Å². The maximum atomic E-state index is 7.44. The molecule has 0 aromatic heterocycles. The van der Waals surface area contributed by atoms with Gasteiger partial charge in [-0.25, -0.2) is 0 Å².